The van der Waals surface area contributed by atoms with Crippen molar-refractivity contribution in [1.29, 1.82) is 0 Å². The summed E-state index contributed by atoms with van der Waals surface area (Å²) >= 11 is 0. The normalized spacial score (nSPS) is 13.6. The summed E-state index contributed by atoms with van der Waals surface area (Å²) in [6, 6.07) is 16.9. The molecule has 0 unspecified atom stereocenters. The van der Waals surface area contributed by atoms with Crippen molar-refractivity contribution in [1.82, 2.24) is 0 Å². The Labute approximate surface area is 223 Å². The summed E-state index contributed by atoms with van der Waals surface area (Å²) < 4.78 is 18.2. The van der Waals surface area contributed by atoms with Crippen LogP contribution in [0.3, 0.4) is 0 Å². The van der Waals surface area contributed by atoms with Crippen molar-refractivity contribution in [3.63, 3.8) is 0 Å². The highest BCUT2D eigenvalue weighted by Crippen LogP contribution is 2.49. The number of benzene rings is 2. The van der Waals surface area contributed by atoms with Crippen LogP contribution < -0.4 is 9.05 Å². The van der Waals surface area contributed by atoms with Crippen molar-refractivity contribution in [3.8, 4) is 11.5 Å². The average Bonchev–Trinajstić information content (AvgIpc) is 2.67. The summed E-state index contributed by atoms with van der Waals surface area (Å²) in [4.78, 5) is 0. The zero-order valence-electron chi connectivity index (χ0n) is 25.2. The molecule has 4 heteroatoms. The Morgan fingerprint density at radius 3 is 1.03 bits per heavy atom. The minimum Gasteiger partial charge on any atom is -0.418 e. The smallest absolute Gasteiger partial charge is 0.418 e. The summed E-state index contributed by atoms with van der Waals surface area (Å²) in [5, 5.41) is 0. The van der Waals surface area contributed by atoms with Gasteiger partial charge in [0.1, 0.15) is 11.5 Å². The van der Waals surface area contributed by atoms with Crippen LogP contribution in [0.25, 0.3) is 0 Å². The van der Waals surface area contributed by atoms with Crippen molar-refractivity contribution >= 4 is 8.60 Å². The molecular formula is C32H51O3P. The van der Waals surface area contributed by atoms with E-state index in [1.54, 1.807) is 0 Å². The van der Waals surface area contributed by atoms with E-state index in [-0.39, 0.29) is 21.7 Å². The fourth-order valence-electron chi connectivity index (χ4n) is 6.39. The lowest BCUT2D eigenvalue weighted by atomic mass is 9.64. The molecule has 0 spiro atoms. The molecule has 0 aromatic heterocycles. The molecule has 0 N–H and O–H groups in total. The van der Waals surface area contributed by atoms with Crippen LogP contribution in [-0.4, -0.2) is 6.61 Å². The van der Waals surface area contributed by atoms with E-state index >= 15 is 0 Å². The van der Waals surface area contributed by atoms with Gasteiger partial charge < -0.3 is 9.05 Å². The van der Waals surface area contributed by atoms with Gasteiger partial charge in [-0.15, -0.1) is 0 Å². The van der Waals surface area contributed by atoms with E-state index in [0.717, 1.165) is 11.5 Å². The molecule has 0 fully saturated rings. The molecule has 0 amide bonds. The Hall–Kier alpha value is -1.57. The lowest BCUT2D eigenvalue weighted by Gasteiger charge is -2.41. The second kappa shape index (κ2) is 11.4. The van der Waals surface area contributed by atoms with Gasteiger partial charge in [-0.05, 0) is 75.8 Å². The SMILES string of the molecule is CCOP(Oc1ccc(C(C(C)(C)C)C(C)(C)C)cc1)Oc1ccc(C(C(C)(C)C)C(C)(C)C)cc1. The molecule has 0 aliphatic heterocycles. The maximum atomic E-state index is 6.17. The van der Waals surface area contributed by atoms with Crippen LogP contribution >= 0.6 is 8.60 Å². The van der Waals surface area contributed by atoms with E-state index in [4.69, 9.17) is 13.6 Å². The molecule has 0 aliphatic carbocycles. The molecule has 2 rings (SSSR count). The molecule has 0 saturated carbocycles. The Kier molecular flexibility index (Phi) is 9.74. The van der Waals surface area contributed by atoms with Gasteiger partial charge in [0.25, 0.3) is 0 Å². The monoisotopic (exact) mass is 514 g/mol. The molecule has 2 aromatic carbocycles. The minimum absolute atomic E-state index is 0.160. The van der Waals surface area contributed by atoms with Crippen molar-refractivity contribution in [3.05, 3.63) is 59.7 Å². The van der Waals surface area contributed by atoms with Gasteiger partial charge in [0, 0.05) is 0 Å². The topological polar surface area (TPSA) is 27.7 Å². The zero-order chi connectivity index (χ0) is 27.5. The van der Waals surface area contributed by atoms with Gasteiger partial charge in [-0.2, -0.15) is 0 Å². The first-order valence-corrected chi connectivity index (χ1v) is 14.4. The van der Waals surface area contributed by atoms with Gasteiger partial charge in [-0.3, -0.25) is 4.52 Å². The second-order valence-corrected chi connectivity index (χ2v) is 15.4. The third kappa shape index (κ3) is 8.49. The molecule has 3 nitrogen and oxygen atoms in total. The molecule has 0 saturated heterocycles. The fourth-order valence-corrected chi connectivity index (χ4v) is 7.33. The second-order valence-electron chi connectivity index (χ2n) is 14.3. The van der Waals surface area contributed by atoms with E-state index in [1.807, 2.05) is 31.2 Å². The first kappa shape index (κ1) is 30.7. The third-order valence-corrected chi connectivity index (χ3v) is 7.67. The standard InChI is InChI=1S/C32H51O3P/c1-14-33-36(34-25-19-15-23(16-20-25)27(29(2,3)4)30(5,6)7)35-26-21-17-24(18-22-26)28(31(8,9)10)32(11,12)13/h15-22,27-28H,14H2,1-13H3. The predicted octanol–water partition coefficient (Wildman–Crippen LogP) is 10.8. The Bertz CT molecular complexity index is 830. The maximum absolute atomic E-state index is 6.17. The van der Waals surface area contributed by atoms with Crippen LogP contribution in [0.15, 0.2) is 48.5 Å². The maximum Gasteiger partial charge on any atom is 0.463 e. The summed E-state index contributed by atoms with van der Waals surface area (Å²) in [5.74, 6) is 2.37. The van der Waals surface area contributed by atoms with E-state index in [2.05, 4.69) is 107 Å². The van der Waals surface area contributed by atoms with E-state index in [9.17, 15) is 0 Å². The van der Waals surface area contributed by atoms with Crippen molar-refractivity contribution in [2.45, 2.75) is 102 Å². The van der Waals surface area contributed by atoms with Gasteiger partial charge in [0.2, 0.25) is 0 Å². The molecule has 0 atom stereocenters. The number of hydrogen-bond donors (Lipinski definition) is 0. The highest BCUT2D eigenvalue weighted by molar-refractivity contribution is 7.42. The fraction of sp³-hybridized carbons (Fsp3) is 0.625. The van der Waals surface area contributed by atoms with Crippen molar-refractivity contribution in [2.24, 2.45) is 21.7 Å². The number of rotatable bonds is 8. The lowest BCUT2D eigenvalue weighted by molar-refractivity contribution is 0.176. The minimum atomic E-state index is -1.55. The summed E-state index contributed by atoms with van der Waals surface area (Å²) in [6.45, 7) is 30.2. The summed E-state index contributed by atoms with van der Waals surface area (Å²) in [6.07, 6.45) is 0. The van der Waals surface area contributed by atoms with E-state index in [1.165, 1.54) is 11.1 Å². The average molecular weight is 515 g/mol. The molecule has 0 heterocycles. The van der Waals surface area contributed by atoms with E-state index < -0.39 is 8.60 Å². The third-order valence-electron chi connectivity index (χ3n) is 6.49. The van der Waals surface area contributed by atoms with Crippen LogP contribution in [0.4, 0.5) is 0 Å². The van der Waals surface area contributed by atoms with Crippen LogP contribution in [0.5, 0.6) is 11.5 Å². The zero-order valence-corrected chi connectivity index (χ0v) is 26.0. The summed E-state index contributed by atoms with van der Waals surface area (Å²) in [7, 11) is -1.55. The molecular weight excluding hydrogens is 463 g/mol. The predicted molar refractivity (Wildman–Crippen MR) is 156 cm³/mol. The molecule has 0 radical (unpaired) electrons. The quantitative estimate of drug-likeness (QED) is 0.328. The van der Waals surface area contributed by atoms with Crippen LogP contribution in [-0.2, 0) is 4.52 Å². The van der Waals surface area contributed by atoms with Gasteiger partial charge in [-0.1, -0.05) is 107 Å². The highest BCUT2D eigenvalue weighted by atomic mass is 31.2. The van der Waals surface area contributed by atoms with Gasteiger partial charge in [0.05, 0.1) is 6.61 Å². The Morgan fingerprint density at radius 1 is 0.528 bits per heavy atom. The first-order chi connectivity index (χ1) is 16.3. The molecule has 0 bridgehead atoms. The van der Waals surface area contributed by atoms with Gasteiger partial charge >= 0.3 is 8.60 Å². The van der Waals surface area contributed by atoms with Gasteiger partial charge in [-0.25, -0.2) is 0 Å². The summed E-state index contributed by atoms with van der Waals surface area (Å²) in [5.41, 5.74) is 3.29. The number of hydrogen-bond acceptors (Lipinski definition) is 3. The Balaban J connectivity index is 2.19. The largest absolute Gasteiger partial charge is 0.463 e. The van der Waals surface area contributed by atoms with Crippen LogP contribution in [0.2, 0.25) is 0 Å². The van der Waals surface area contributed by atoms with E-state index in [0.29, 0.717) is 18.4 Å². The van der Waals surface area contributed by atoms with Gasteiger partial charge in [0.15, 0.2) is 0 Å². The Morgan fingerprint density at radius 2 is 0.806 bits per heavy atom. The first-order valence-electron chi connectivity index (χ1n) is 13.3. The molecule has 36 heavy (non-hydrogen) atoms. The molecule has 202 valence electrons. The lowest BCUT2D eigenvalue weighted by Crippen LogP contribution is -2.30. The van der Waals surface area contributed by atoms with Crippen LogP contribution in [0, 0.1) is 21.7 Å². The van der Waals surface area contributed by atoms with Crippen molar-refractivity contribution in [2.75, 3.05) is 6.61 Å². The highest BCUT2D eigenvalue weighted by Gasteiger charge is 2.37. The molecule has 2 aromatic rings. The molecule has 0 aliphatic rings. The van der Waals surface area contributed by atoms with Crippen molar-refractivity contribution < 1.29 is 13.6 Å². The van der Waals surface area contributed by atoms with Crippen LogP contribution in [0.1, 0.15) is 113 Å².